The molecule has 1 heterocycles. The first-order chi connectivity index (χ1) is 24.2. The number of carbonyl (C=O) groups excluding carboxylic acids is 1. The lowest BCUT2D eigenvalue weighted by Crippen LogP contribution is -2.50. The zero-order valence-electron chi connectivity index (χ0n) is 33.8. The Balaban J connectivity index is 1.75. The van der Waals surface area contributed by atoms with E-state index in [0.29, 0.717) is 26.1 Å². The van der Waals surface area contributed by atoms with E-state index in [2.05, 4.69) is 141 Å². The van der Waals surface area contributed by atoms with Gasteiger partial charge in [-0.2, -0.15) is 0 Å². The Morgan fingerprint density at radius 2 is 1.21 bits per heavy atom. The lowest BCUT2D eigenvalue weighted by Gasteiger charge is -2.43. The van der Waals surface area contributed by atoms with Gasteiger partial charge in [-0.05, 0) is 79.0 Å². The second-order valence-corrected chi connectivity index (χ2v) is 27.3. The lowest BCUT2D eigenvalue weighted by atomic mass is 9.80. The van der Waals surface area contributed by atoms with E-state index in [4.69, 9.17) is 23.1 Å². The molecule has 0 spiro atoms. The van der Waals surface area contributed by atoms with Crippen molar-refractivity contribution in [2.45, 2.75) is 134 Å². The van der Waals surface area contributed by atoms with Gasteiger partial charge in [0, 0.05) is 12.8 Å². The Hall–Kier alpha value is -2.70. The largest absolute Gasteiger partial charge is 0.414 e. The second kappa shape index (κ2) is 16.4. The summed E-state index contributed by atoms with van der Waals surface area (Å²) in [5.74, 6) is -0.908. The van der Waals surface area contributed by atoms with E-state index < -0.39 is 39.7 Å². The molecule has 3 atom stereocenters. The van der Waals surface area contributed by atoms with Crippen LogP contribution >= 0.6 is 0 Å². The fourth-order valence-corrected chi connectivity index (χ4v) is 8.90. The van der Waals surface area contributed by atoms with Crippen LogP contribution in [0.5, 0.6) is 0 Å². The summed E-state index contributed by atoms with van der Waals surface area (Å²) >= 11 is 0. The lowest BCUT2D eigenvalue weighted by molar-refractivity contribution is -0.160. The number of hydrogen-bond acceptors (Lipinski definition) is 6. The third-order valence-electron chi connectivity index (χ3n) is 11.4. The highest BCUT2D eigenvalue weighted by molar-refractivity contribution is 6.74. The summed E-state index contributed by atoms with van der Waals surface area (Å²) in [5.41, 5.74) is 1.21. The van der Waals surface area contributed by atoms with Crippen molar-refractivity contribution in [1.29, 1.82) is 0 Å². The molecule has 284 valence electrons. The van der Waals surface area contributed by atoms with Crippen LogP contribution < -0.4 is 0 Å². The van der Waals surface area contributed by atoms with E-state index in [1.807, 2.05) is 38.1 Å². The van der Waals surface area contributed by atoms with Gasteiger partial charge in [-0.15, -0.1) is 0 Å². The van der Waals surface area contributed by atoms with Crippen molar-refractivity contribution in [3.8, 4) is 0 Å². The molecule has 52 heavy (non-hydrogen) atoms. The van der Waals surface area contributed by atoms with E-state index in [1.54, 1.807) is 0 Å². The summed E-state index contributed by atoms with van der Waals surface area (Å²) in [7, 11) is -4.30. The number of aldehydes is 1. The Morgan fingerprint density at radius 1 is 0.750 bits per heavy atom. The van der Waals surface area contributed by atoms with Crippen molar-refractivity contribution in [2.75, 3.05) is 13.2 Å². The van der Waals surface area contributed by atoms with Crippen LogP contribution in [-0.4, -0.2) is 59.7 Å². The predicted molar refractivity (Wildman–Crippen MR) is 218 cm³/mol. The monoisotopic (exact) mass is 744 g/mol. The topological polar surface area (TPSA) is 63.2 Å². The number of rotatable bonds is 16. The van der Waals surface area contributed by atoms with E-state index in [1.165, 1.54) is 6.08 Å². The average Bonchev–Trinajstić information content (AvgIpc) is 3.33. The summed E-state index contributed by atoms with van der Waals surface area (Å²) in [5, 5.41) is 0.0621. The molecule has 3 aromatic carbocycles. The Kier molecular flexibility index (Phi) is 13.2. The van der Waals surface area contributed by atoms with E-state index in [-0.39, 0.29) is 16.2 Å². The van der Waals surface area contributed by atoms with Gasteiger partial charge in [-0.25, -0.2) is 0 Å². The van der Waals surface area contributed by atoms with Gasteiger partial charge in [-0.3, -0.25) is 4.79 Å². The highest BCUT2D eigenvalue weighted by atomic mass is 28.4. The minimum Gasteiger partial charge on any atom is -0.414 e. The maximum Gasteiger partial charge on any atom is 0.192 e. The number of carbonyl (C=O) groups is 1. The SMILES string of the molecule is CC1(C)O[C@H](C[C@H](CO[Si](C)(C)C(C)(C)C)O[Si](C)(C)C(C)(C)C)C(/C=C/C=O)(CCOC(c2ccccc2)(c2ccccc2)c2ccccc2)O1. The van der Waals surface area contributed by atoms with Gasteiger partial charge < -0.3 is 23.1 Å². The molecule has 0 aromatic heterocycles. The van der Waals surface area contributed by atoms with Gasteiger partial charge in [0.2, 0.25) is 0 Å². The van der Waals surface area contributed by atoms with Crippen LogP contribution in [0.25, 0.3) is 0 Å². The molecule has 0 aliphatic carbocycles. The van der Waals surface area contributed by atoms with Gasteiger partial charge in [-0.1, -0.05) is 133 Å². The van der Waals surface area contributed by atoms with Crippen LogP contribution in [-0.2, 0) is 33.5 Å². The summed E-state index contributed by atoms with van der Waals surface area (Å²) in [6.07, 6.45) is 4.52. The summed E-state index contributed by atoms with van der Waals surface area (Å²) < 4.78 is 34.8. The molecule has 8 heteroatoms. The van der Waals surface area contributed by atoms with E-state index in [9.17, 15) is 4.79 Å². The molecule has 1 unspecified atom stereocenters. The molecular formula is C44H64O6Si2. The Morgan fingerprint density at radius 3 is 1.63 bits per heavy atom. The second-order valence-electron chi connectivity index (χ2n) is 17.7. The fraction of sp³-hybridized carbons (Fsp3) is 0.523. The number of hydrogen-bond donors (Lipinski definition) is 0. The quantitative estimate of drug-likeness (QED) is 0.0630. The van der Waals surface area contributed by atoms with Crippen LogP contribution in [0.2, 0.25) is 36.3 Å². The predicted octanol–water partition coefficient (Wildman–Crippen LogP) is 10.8. The minimum absolute atomic E-state index is 0.00647. The number of benzene rings is 3. The molecule has 0 saturated carbocycles. The Labute approximate surface area is 316 Å². The molecule has 1 fully saturated rings. The highest BCUT2D eigenvalue weighted by Gasteiger charge is 2.53. The van der Waals surface area contributed by atoms with Crippen LogP contribution in [0.3, 0.4) is 0 Å². The third-order valence-corrected chi connectivity index (χ3v) is 20.4. The molecule has 4 rings (SSSR count). The Bertz CT molecular complexity index is 1500. The van der Waals surface area contributed by atoms with E-state index in [0.717, 1.165) is 23.0 Å². The first kappa shape index (κ1) is 42.1. The molecule has 0 bridgehead atoms. The van der Waals surface area contributed by atoms with E-state index >= 15 is 0 Å². The standard InChI is InChI=1S/C44H64O6Si2/c1-40(2,3)51(9,10)47-34-38(49-52(11,12)41(4,5)6)33-39-43(29-22-31-45,50-42(7,8)48-39)30-32-46-44(35-23-16-13-17-24-35,36-25-18-14-19-26-36)37-27-20-15-21-28-37/h13-29,31,38-39H,30,32-34H2,1-12H3/b29-22+/t38-,39-,43?/m1/s1. The smallest absolute Gasteiger partial charge is 0.192 e. The molecule has 1 saturated heterocycles. The zero-order chi connectivity index (χ0) is 38.5. The van der Waals surface area contributed by atoms with Crippen molar-refractivity contribution in [1.82, 2.24) is 0 Å². The number of ether oxygens (including phenoxy) is 3. The third kappa shape index (κ3) is 9.69. The maximum atomic E-state index is 11.9. The van der Waals surface area contributed by atoms with Crippen molar-refractivity contribution in [3.63, 3.8) is 0 Å². The van der Waals surface area contributed by atoms with Gasteiger partial charge in [0.25, 0.3) is 0 Å². The van der Waals surface area contributed by atoms with Crippen LogP contribution in [0.4, 0.5) is 0 Å². The van der Waals surface area contributed by atoms with Crippen LogP contribution in [0, 0.1) is 0 Å². The van der Waals surface area contributed by atoms with Crippen molar-refractivity contribution in [3.05, 3.63) is 120 Å². The van der Waals surface area contributed by atoms with Crippen molar-refractivity contribution in [2.24, 2.45) is 0 Å². The van der Waals surface area contributed by atoms with Crippen LogP contribution in [0.15, 0.2) is 103 Å². The van der Waals surface area contributed by atoms with Gasteiger partial charge in [0.05, 0.1) is 25.4 Å². The minimum atomic E-state index is -2.21. The summed E-state index contributed by atoms with van der Waals surface area (Å²) in [6, 6.07) is 31.1. The summed E-state index contributed by atoms with van der Waals surface area (Å²) in [4.78, 5) is 11.9. The molecule has 0 radical (unpaired) electrons. The molecular weight excluding hydrogens is 681 g/mol. The van der Waals surface area contributed by atoms with Gasteiger partial charge in [0.15, 0.2) is 22.4 Å². The first-order valence-electron chi connectivity index (χ1n) is 18.8. The normalized spacial score (nSPS) is 20.7. The maximum absolute atomic E-state index is 11.9. The molecule has 1 aliphatic rings. The van der Waals surface area contributed by atoms with Crippen molar-refractivity contribution >= 4 is 22.9 Å². The highest BCUT2D eigenvalue weighted by Crippen LogP contribution is 2.46. The van der Waals surface area contributed by atoms with Gasteiger partial charge in [0.1, 0.15) is 17.5 Å². The van der Waals surface area contributed by atoms with Crippen LogP contribution in [0.1, 0.15) is 84.9 Å². The molecule has 3 aromatic rings. The fourth-order valence-electron chi connectivity index (χ4n) is 6.51. The molecule has 6 nitrogen and oxygen atoms in total. The average molecular weight is 745 g/mol. The molecule has 0 N–H and O–H groups in total. The first-order valence-corrected chi connectivity index (χ1v) is 24.6. The van der Waals surface area contributed by atoms with Gasteiger partial charge >= 0.3 is 0 Å². The zero-order valence-corrected chi connectivity index (χ0v) is 35.8. The van der Waals surface area contributed by atoms with Crippen molar-refractivity contribution < 1.29 is 27.9 Å². The molecule has 0 amide bonds. The number of allylic oxidation sites excluding steroid dienone is 1. The summed E-state index contributed by atoms with van der Waals surface area (Å²) in [6.45, 7) is 27.3. The molecule has 1 aliphatic heterocycles.